The van der Waals surface area contributed by atoms with Crippen LogP contribution in [0.5, 0.6) is 5.88 Å². The summed E-state index contributed by atoms with van der Waals surface area (Å²) in [5.41, 5.74) is 0.810. The molecule has 0 aromatic carbocycles. The summed E-state index contributed by atoms with van der Waals surface area (Å²) in [4.78, 5) is 15.9. The van der Waals surface area contributed by atoms with Gasteiger partial charge in [-0.05, 0) is 31.7 Å². The SMILES string of the molecule is CCCOc1ncccc1CNC(=O)N[C@H]1CCC[C@H]1F. The quantitative estimate of drug-likeness (QED) is 0.848. The van der Waals surface area contributed by atoms with Crippen molar-refractivity contribution in [3.8, 4) is 5.88 Å². The van der Waals surface area contributed by atoms with E-state index >= 15 is 0 Å². The third-order valence-electron chi connectivity index (χ3n) is 3.48. The number of urea groups is 1. The standard InChI is InChI=1S/C15H22FN3O2/c1-2-9-21-14-11(5-4-8-17-14)10-18-15(20)19-13-7-3-6-12(13)16/h4-5,8,12-13H,2-3,6-7,9-10H2,1H3,(H2,18,19,20)/t12-,13+/m1/s1. The highest BCUT2D eigenvalue weighted by molar-refractivity contribution is 5.74. The number of pyridine rings is 1. The number of nitrogens with one attached hydrogen (secondary N) is 2. The first-order chi connectivity index (χ1) is 10.2. The Labute approximate surface area is 124 Å². The number of amides is 2. The van der Waals surface area contributed by atoms with Crippen molar-refractivity contribution in [2.75, 3.05) is 6.61 Å². The number of carbonyl (C=O) groups excluding carboxylic acids is 1. The van der Waals surface area contributed by atoms with Gasteiger partial charge >= 0.3 is 6.03 Å². The molecule has 0 spiro atoms. The summed E-state index contributed by atoms with van der Waals surface area (Å²) in [6.45, 7) is 2.91. The third-order valence-corrected chi connectivity index (χ3v) is 3.48. The van der Waals surface area contributed by atoms with Gasteiger partial charge in [-0.3, -0.25) is 0 Å². The van der Waals surface area contributed by atoms with E-state index in [4.69, 9.17) is 4.74 Å². The van der Waals surface area contributed by atoms with Crippen LogP contribution in [0.2, 0.25) is 0 Å². The first-order valence-corrected chi connectivity index (χ1v) is 7.46. The summed E-state index contributed by atoms with van der Waals surface area (Å²) in [7, 11) is 0. The molecule has 1 aromatic rings. The minimum atomic E-state index is -0.933. The zero-order chi connectivity index (χ0) is 15.1. The predicted octanol–water partition coefficient (Wildman–Crippen LogP) is 2.56. The van der Waals surface area contributed by atoms with Gasteiger partial charge in [-0.1, -0.05) is 13.0 Å². The lowest BCUT2D eigenvalue weighted by molar-refractivity contribution is 0.224. The lowest BCUT2D eigenvalue weighted by Crippen LogP contribution is -2.44. The summed E-state index contributed by atoms with van der Waals surface area (Å²) < 4.78 is 19.0. The van der Waals surface area contributed by atoms with Gasteiger partial charge in [0, 0.05) is 18.3 Å². The monoisotopic (exact) mass is 295 g/mol. The van der Waals surface area contributed by atoms with Crippen LogP contribution < -0.4 is 15.4 Å². The normalized spacial score (nSPS) is 21.0. The third kappa shape index (κ3) is 4.58. The molecule has 1 aliphatic rings. The molecule has 0 aliphatic heterocycles. The first kappa shape index (κ1) is 15.5. The average Bonchev–Trinajstić information content (AvgIpc) is 2.89. The number of carbonyl (C=O) groups is 1. The molecule has 1 aliphatic carbocycles. The lowest BCUT2D eigenvalue weighted by Gasteiger charge is -2.16. The Hall–Kier alpha value is -1.85. The van der Waals surface area contributed by atoms with Gasteiger partial charge in [0.2, 0.25) is 5.88 Å². The fraction of sp³-hybridized carbons (Fsp3) is 0.600. The number of alkyl halides is 1. The van der Waals surface area contributed by atoms with Crippen molar-refractivity contribution in [2.24, 2.45) is 0 Å². The highest BCUT2D eigenvalue weighted by Crippen LogP contribution is 2.21. The van der Waals surface area contributed by atoms with Crippen molar-refractivity contribution in [2.45, 2.75) is 51.4 Å². The first-order valence-electron chi connectivity index (χ1n) is 7.46. The highest BCUT2D eigenvalue weighted by atomic mass is 19.1. The zero-order valence-electron chi connectivity index (χ0n) is 12.3. The lowest BCUT2D eigenvalue weighted by atomic mass is 10.2. The van der Waals surface area contributed by atoms with Crippen molar-refractivity contribution < 1.29 is 13.9 Å². The van der Waals surface area contributed by atoms with E-state index in [1.54, 1.807) is 12.3 Å². The van der Waals surface area contributed by atoms with Crippen LogP contribution in [0.1, 0.15) is 38.2 Å². The summed E-state index contributed by atoms with van der Waals surface area (Å²) >= 11 is 0. The van der Waals surface area contributed by atoms with Crippen LogP contribution in [0, 0.1) is 0 Å². The van der Waals surface area contributed by atoms with Crippen molar-refractivity contribution >= 4 is 6.03 Å². The van der Waals surface area contributed by atoms with Gasteiger partial charge in [0.15, 0.2) is 0 Å². The average molecular weight is 295 g/mol. The van der Waals surface area contributed by atoms with Gasteiger partial charge in [-0.2, -0.15) is 0 Å². The maximum atomic E-state index is 13.4. The van der Waals surface area contributed by atoms with E-state index in [2.05, 4.69) is 15.6 Å². The summed E-state index contributed by atoms with van der Waals surface area (Å²) in [5.74, 6) is 0.531. The van der Waals surface area contributed by atoms with Gasteiger partial charge in [0.1, 0.15) is 6.17 Å². The zero-order valence-corrected chi connectivity index (χ0v) is 12.3. The Balaban J connectivity index is 1.83. The second-order valence-electron chi connectivity index (χ2n) is 5.20. The largest absolute Gasteiger partial charge is 0.477 e. The van der Waals surface area contributed by atoms with Gasteiger partial charge in [-0.15, -0.1) is 0 Å². The Kier molecular flexibility index (Phi) is 5.78. The molecular weight excluding hydrogens is 273 g/mol. The fourth-order valence-electron chi connectivity index (χ4n) is 2.36. The van der Waals surface area contributed by atoms with Crippen molar-refractivity contribution in [1.29, 1.82) is 0 Å². The summed E-state index contributed by atoms with van der Waals surface area (Å²) in [5, 5.41) is 5.40. The van der Waals surface area contributed by atoms with Crippen LogP contribution in [0.25, 0.3) is 0 Å². The van der Waals surface area contributed by atoms with Crippen LogP contribution in [0.4, 0.5) is 9.18 Å². The van der Waals surface area contributed by atoms with Gasteiger partial charge in [-0.25, -0.2) is 14.2 Å². The second kappa shape index (κ2) is 7.81. The smallest absolute Gasteiger partial charge is 0.315 e. The molecule has 0 radical (unpaired) electrons. The predicted molar refractivity (Wildman–Crippen MR) is 77.9 cm³/mol. The topological polar surface area (TPSA) is 63.2 Å². The van der Waals surface area contributed by atoms with E-state index in [0.29, 0.717) is 31.9 Å². The van der Waals surface area contributed by atoms with Gasteiger partial charge in [0.25, 0.3) is 0 Å². The molecule has 1 heterocycles. The number of aromatic nitrogens is 1. The van der Waals surface area contributed by atoms with Crippen LogP contribution in [0.15, 0.2) is 18.3 Å². The van der Waals surface area contributed by atoms with Crippen molar-refractivity contribution in [1.82, 2.24) is 15.6 Å². The van der Waals surface area contributed by atoms with E-state index in [9.17, 15) is 9.18 Å². The molecule has 116 valence electrons. The molecule has 0 bridgehead atoms. The number of nitrogens with zero attached hydrogens (tertiary/aromatic N) is 1. The molecule has 2 atom stereocenters. The number of rotatable bonds is 6. The van der Waals surface area contributed by atoms with Crippen LogP contribution in [-0.4, -0.2) is 29.8 Å². The minimum Gasteiger partial charge on any atom is -0.477 e. The number of halogens is 1. The molecule has 1 saturated carbocycles. The molecule has 1 fully saturated rings. The summed E-state index contributed by atoms with van der Waals surface area (Å²) in [6.07, 6.45) is 3.67. The molecule has 1 aromatic heterocycles. The van der Waals surface area contributed by atoms with E-state index in [-0.39, 0.29) is 12.1 Å². The second-order valence-corrected chi connectivity index (χ2v) is 5.20. The molecule has 2 amide bonds. The number of hydrogen-bond donors (Lipinski definition) is 2. The van der Waals surface area contributed by atoms with Crippen molar-refractivity contribution in [3.05, 3.63) is 23.9 Å². The van der Waals surface area contributed by atoms with E-state index in [0.717, 1.165) is 18.4 Å². The Morgan fingerprint density at radius 2 is 2.38 bits per heavy atom. The van der Waals surface area contributed by atoms with E-state index in [1.165, 1.54) is 0 Å². The fourth-order valence-corrected chi connectivity index (χ4v) is 2.36. The molecule has 21 heavy (non-hydrogen) atoms. The Morgan fingerprint density at radius 1 is 1.52 bits per heavy atom. The van der Waals surface area contributed by atoms with Crippen molar-refractivity contribution in [3.63, 3.8) is 0 Å². The number of hydrogen-bond acceptors (Lipinski definition) is 3. The Bertz CT molecular complexity index is 470. The minimum absolute atomic E-state index is 0.308. The van der Waals surface area contributed by atoms with Crippen LogP contribution in [0.3, 0.4) is 0 Å². The number of ether oxygens (including phenoxy) is 1. The van der Waals surface area contributed by atoms with E-state index in [1.807, 2.05) is 13.0 Å². The van der Waals surface area contributed by atoms with Crippen LogP contribution >= 0.6 is 0 Å². The maximum absolute atomic E-state index is 13.4. The molecule has 6 heteroatoms. The van der Waals surface area contributed by atoms with Gasteiger partial charge in [0.05, 0.1) is 12.6 Å². The molecular formula is C15H22FN3O2. The van der Waals surface area contributed by atoms with E-state index < -0.39 is 6.17 Å². The Morgan fingerprint density at radius 3 is 3.10 bits per heavy atom. The molecule has 5 nitrogen and oxygen atoms in total. The molecule has 0 saturated heterocycles. The maximum Gasteiger partial charge on any atom is 0.315 e. The van der Waals surface area contributed by atoms with Gasteiger partial charge < -0.3 is 15.4 Å². The van der Waals surface area contributed by atoms with Crippen LogP contribution in [-0.2, 0) is 6.54 Å². The molecule has 2 rings (SSSR count). The highest BCUT2D eigenvalue weighted by Gasteiger charge is 2.28. The molecule has 0 unspecified atom stereocenters. The molecule has 2 N–H and O–H groups in total. The summed E-state index contributed by atoms with van der Waals surface area (Å²) in [6, 6.07) is 2.93.